The van der Waals surface area contributed by atoms with Crippen LogP contribution >= 0.6 is 0 Å². The first-order valence-electron chi connectivity index (χ1n) is 3.97. The highest BCUT2D eigenvalue weighted by molar-refractivity contribution is 4.94. The zero-order chi connectivity index (χ0) is 8.55. The van der Waals surface area contributed by atoms with Gasteiger partial charge in [0, 0.05) is 13.5 Å². The topological polar surface area (TPSA) is 71.2 Å². The second kappa shape index (κ2) is 2.84. The molecule has 0 radical (unpaired) electrons. The summed E-state index contributed by atoms with van der Waals surface area (Å²) in [5.41, 5.74) is 0. The summed E-state index contributed by atoms with van der Waals surface area (Å²) in [5.74, 6) is 1.14. The van der Waals surface area contributed by atoms with Crippen molar-refractivity contribution in [3.63, 3.8) is 0 Å². The molecule has 0 bridgehead atoms. The van der Waals surface area contributed by atoms with E-state index in [0.717, 1.165) is 0 Å². The first kappa shape index (κ1) is 7.70. The fourth-order valence-corrected chi connectivity index (χ4v) is 1.36. The molecule has 0 amide bonds. The second-order valence-electron chi connectivity index (χ2n) is 3.01. The fraction of sp³-hybridized carbons (Fsp3) is 0.714. The van der Waals surface area contributed by atoms with Crippen molar-refractivity contribution >= 4 is 0 Å². The largest absolute Gasteiger partial charge is 0.424 e. The average Bonchev–Trinajstić information content (AvgIpc) is 2.58. The number of hydrogen-bond donors (Lipinski definition) is 2. The van der Waals surface area contributed by atoms with Crippen LogP contribution in [0.15, 0.2) is 4.42 Å². The van der Waals surface area contributed by atoms with E-state index < -0.39 is 0 Å². The molecule has 5 heteroatoms. The molecule has 2 rings (SSSR count). The third kappa shape index (κ3) is 1.33. The van der Waals surface area contributed by atoms with E-state index >= 15 is 0 Å². The molecule has 2 N–H and O–H groups in total. The highest BCUT2D eigenvalue weighted by Gasteiger charge is 2.27. The van der Waals surface area contributed by atoms with Gasteiger partial charge in [-0.15, -0.1) is 10.2 Å². The van der Waals surface area contributed by atoms with Crippen LogP contribution < -0.4 is 5.32 Å². The van der Waals surface area contributed by atoms with Gasteiger partial charge in [0.1, 0.15) is 0 Å². The maximum absolute atomic E-state index is 9.22. The number of rotatable bonds is 1. The molecule has 0 spiro atoms. The molecule has 2 atom stereocenters. The molecule has 2 heterocycles. The molecule has 1 saturated heterocycles. The summed E-state index contributed by atoms with van der Waals surface area (Å²) in [6.07, 6.45) is 0.365. The number of nitrogens with zero attached hydrogens (tertiary/aromatic N) is 2. The number of aromatic nitrogens is 2. The van der Waals surface area contributed by atoms with Crippen LogP contribution in [-0.4, -0.2) is 28.0 Å². The van der Waals surface area contributed by atoms with Gasteiger partial charge >= 0.3 is 0 Å². The van der Waals surface area contributed by atoms with Gasteiger partial charge in [0.25, 0.3) is 0 Å². The van der Waals surface area contributed by atoms with Crippen molar-refractivity contribution in [2.24, 2.45) is 0 Å². The van der Waals surface area contributed by atoms with Crippen LogP contribution in [0.1, 0.15) is 24.2 Å². The second-order valence-corrected chi connectivity index (χ2v) is 3.01. The van der Waals surface area contributed by atoms with Gasteiger partial charge in [0.2, 0.25) is 11.8 Å². The van der Waals surface area contributed by atoms with Crippen LogP contribution in [0.25, 0.3) is 0 Å². The molecule has 1 fully saturated rings. The Morgan fingerprint density at radius 3 is 2.92 bits per heavy atom. The molecule has 0 saturated carbocycles. The zero-order valence-corrected chi connectivity index (χ0v) is 6.82. The minimum absolute atomic E-state index is 0.0289. The van der Waals surface area contributed by atoms with Crippen molar-refractivity contribution in [2.75, 3.05) is 6.54 Å². The minimum Gasteiger partial charge on any atom is -0.424 e. The summed E-state index contributed by atoms with van der Waals surface area (Å²) in [4.78, 5) is 0. The lowest BCUT2D eigenvalue weighted by atomic mass is 10.2. The number of β-amino-alcohol motifs (C(OH)–C–C–N with tert-alkyl or cyclic N) is 1. The van der Waals surface area contributed by atoms with E-state index in [-0.39, 0.29) is 12.1 Å². The Bertz CT molecular complexity index is 273. The third-order valence-electron chi connectivity index (χ3n) is 1.95. The Hall–Kier alpha value is -0.940. The van der Waals surface area contributed by atoms with Crippen LogP contribution in [-0.2, 0) is 0 Å². The smallest absolute Gasteiger partial charge is 0.233 e. The molecule has 0 aromatic carbocycles. The van der Waals surface area contributed by atoms with Gasteiger partial charge < -0.3 is 14.8 Å². The summed E-state index contributed by atoms with van der Waals surface area (Å²) in [7, 11) is 0. The Morgan fingerprint density at radius 2 is 2.42 bits per heavy atom. The van der Waals surface area contributed by atoms with Crippen LogP contribution in [0.4, 0.5) is 0 Å². The van der Waals surface area contributed by atoms with Crippen LogP contribution in [0.5, 0.6) is 0 Å². The summed E-state index contributed by atoms with van der Waals surface area (Å²) >= 11 is 0. The molecule has 12 heavy (non-hydrogen) atoms. The molecule has 1 aliphatic rings. The van der Waals surface area contributed by atoms with Gasteiger partial charge in [-0.05, 0) is 6.42 Å². The molecular formula is C7H11N3O2. The predicted octanol–water partition coefficient (Wildman–Crippen LogP) is -0.227. The monoisotopic (exact) mass is 169 g/mol. The van der Waals surface area contributed by atoms with Gasteiger partial charge in [-0.25, -0.2) is 0 Å². The van der Waals surface area contributed by atoms with Gasteiger partial charge in [-0.2, -0.15) is 0 Å². The highest BCUT2D eigenvalue weighted by Crippen LogP contribution is 2.21. The van der Waals surface area contributed by atoms with Gasteiger partial charge in [-0.3, -0.25) is 0 Å². The van der Waals surface area contributed by atoms with E-state index in [2.05, 4.69) is 15.5 Å². The first-order valence-corrected chi connectivity index (χ1v) is 3.97. The quantitative estimate of drug-likeness (QED) is 0.607. The van der Waals surface area contributed by atoms with Crippen molar-refractivity contribution in [3.8, 4) is 0 Å². The maximum Gasteiger partial charge on any atom is 0.233 e. The van der Waals surface area contributed by atoms with E-state index in [9.17, 15) is 5.11 Å². The lowest BCUT2D eigenvalue weighted by Gasteiger charge is -2.01. The zero-order valence-electron chi connectivity index (χ0n) is 6.82. The lowest BCUT2D eigenvalue weighted by molar-refractivity contribution is 0.191. The first-order chi connectivity index (χ1) is 5.75. The molecule has 1 aromatic heterocycles. The summed E-state index contributed by atoms with van der Waals surface area (Å²) in [6, 6.07) is 0.0289. The maximum atomic E-state index is 9.22. The van der Waals surface area contributed by atoms with Crippen LogP contribution in [0.2, 0.25) is 0 Å². The Morgan fingerprint density at radius 1 is 1.58 bits per heavy atom. The molecule has 1 aliphatic heterocycles. The van der Waals surface area contributed by atoms with Crippen molar-refractivity contribution in [1.82, 2.24) is 15.5 Å². The van der Waals surface area contributed by atoms with Crippen molar-refractivity contribution in [3.05, 3.63) is 11.8 Å². The minimum atomic E-state index is -0.290. The Balaban J connectivity index is 2.11. The molecule has 66 valence electrons. The highest BCUT2D eigenvalue weighted by atomic mass is 16.4. The van der Waals surface area contributed by atoms with Crippen molar-refractivity contribution in [1.29, 1.82) is 0 Å². The average molecular weight is 169 g/mol. The number of aryl methyl sites for hydroxylation is 1. The molecule has 5 nitrogen and oxygen atoms in total. The van der Waals surface area contributed by atoms with Crippen molar-refractivity contribution in [2.45, 2.75) is 25.5 Å². The Kier molecular flexibility index (Phi) is 1.82. The van der Waals surface area contributed by atoms with Crippen LogP contribution in [0, 0.1) is 6.92 Å². The summed E-state index contributed by atoms with van der Waals surface area (Å²) < 4.78 is 5.22. The molecule has 1 aromatic rings. The third-order valence-corrected chi connectivity index (χ3v) is 1.95. The fourth-order valence-electron chi connectivity index (χ4n) is 1.36. The molecular weight excluding hydrogens is 158 g/mol. The number of nitrogens with one attached hydrogen (secondary N) is 1. The van der Waals surface area contributed by atoms with Gasteiger partial charge in [-0.1, -0.05) is 0 Å². The van der Waals surface area contributed by atoms with E-state index in [1.807, 2.05) is 0 Å². The Labute approximate surface area is 69.8 Å². The molecule has 0 unspecified atom stereocenters. The van der Waals surface area contributed by atoms with E-state index in [4.69, 9.17) is 4.42 Å². The molecule has 0 aliphatic carbocycles. The predicted molar refractivity (Wildman–Crippen MR) is 40.4 cm³/mol. The summed E-state index contributed by atoms with van der Waals surface area (Å²) in [6.45, 7) is 2.36. The number of aliphatic hydroxyl groups is 1. The SMILES string of the molecule is Cc1nnc([C@H]2C[C@@H](O)CN2)o1. The van der Waals surface area contributed by atoms with E-state index in [1.165, 1.54) is 0 Å². The normalized spacial score (nSPS) is 29.5. The van der Waals surface area contributed by atoms with E-state index in [0.29, 0.717) is 24.7 Å². The number of hydrogen-bond acceptors (Lipinski definition) is 5. The van der Waals surface area contributed by atoms with Gasteiger partial charge in [0.05, 0.1) is 12.1 Å². The number of aliphatic hydroxyl groups excluding tert-OH is 1. The summed E-state index contributed by atoms with van der Waals surface area (Å²) in [5, 5.41) is 19.9. The lowest BCUT2D eigenvalue weighted by Crippen LogP contribution is -2.15. The van der Waals surface area contributed by atoms with E-state index in [1.54, 1.807) is 6.92 Å². The van der Waals surface area contributed by atoms with Crippen LogP contribution in [0.3, 0.4) is 0 Å². The van der Waals surface area contributed by atoms with Gasteiger partial charge in [0.15, 0.2) is 0 Å². The standard InChI is InChI=1S/C7H11N3O2/c1-4-9-10-7(12-4)6-2-5(11)3-8-6/h5-6,8,11H,2-3H2,1H3/t5-,6-/m1/s1. The van der Waals surface area contributed by atoms with Crippen molar-refractivity contribution < 1.29 is 9.52 Å².